The van der Waals surface area contributed by atoms with Crippen LogP contribution in [0, 0.1) is 11.3 Å². The maximum atomic E-state index is 11.6. The van der Waals surface area contributed by atoms with E-state index in [2.05, 4.69) is 27.3 Å². The summed E-state index contributed by atoms with van der Waals surface area (Å²) >= 11 is 3.33. The Balaban J connectivity index is 2.35. The molecule has 0 aromatic heterocycles. The Morgan fingerprint density at radius 2 is 2.25 bits per heavy atom. The van der Waals surface area contributed by atoms with Gasteiger partial charge in [0, 0.05) is 23.2 Å². The lowest BCUT2D eigenvalue weighted by Crippen LogP contribution is -2.46. The van der Waals surface area contributed by atoms with Gasteiger partial charge in [-0.05, 0) is 24.6 Å². The molecular formula is C11H10BrN3O. The van der Waals surface area contributed by atoms with Gasteiger partial charge in [-0.3, -0.25) is 4.90 Å². The van der Waals surface area contributed by atoms with Gasteiger partial charge in [-0.2, -0.15) is 5.26 Å². The number of hydrogen-bond donors (Lipinski definition) is 1. The summed E-state index contributed by atoms with van der Waals surface area (Å²) < 4.78 is 0.805. The quantitative estimate of drug-likeness (QED) is 0.857. The van der Waals surface area contributed by atoms with Crippen LogP contribution in [0.1, 0.15) is 12.0 Å². The number of rotatable bonds is 1. The van der Waals surface area contributed by atoms with Crippen molar-refractivity contribution in [2.75, 3.05) is 18.0 Å². The summed E-state index contributed by atoms with van der Waals surface area (Å²) in [5.74, 6) is 0. The van der Waals surface area contributed by atoms with Crippen LogP contribution in [0.25, 0.3) is 0 Å². The molecule has 1 fully saturated rings. The molecule has 1 saturated heterocycles. The van der Waals surface area contributed by atoms with Crippen molar-refractivity contribution >= 4 is 27.6 Å². The van der Waals surface area contributed by atoms with Gasteiger partial charge in [-0.25, -0.2) is 4.79 Å². The number of carbonyl (C=O) groups excluding carboxylic acids is 1. The SMILES string of the molecule is N#Cc1cc(Br)cc(N2CCCNC2=O)c1. The molecule has 2 rings (SSSR count). The number of amides is 2. The second-order valence-corrected chi connectivity index (χ2v) is 4.46. The third-order valence-electron chi connectivity index (χ3n) is 2.40. The standard InChI is InChI=1S/C11H10BrN3O/c12-9-4-8(7-13)5-10(6-9)15-3-1-2-14-11(15)16/h4-6H,1-3H2,(H,14,16). The molecule has 0 unspecified atom stereocenters. The van der Waals surface area contributed by atoms with Gasteiger partial charge in [0.15, 0.2) is 0 Å². The van der Waals surface area contributed by atoms with Crippen molar-refractivity contribution in [1.29, 1.82) is 5.26 Å². The maximum Gasteiger partial charge on any atom is 0.321 e. The van der Waals surface area contributed by atoms with E-state index in [1.807, 2.05) is 6.07 Å². The number of nitriles is 1. The van der Waals surface area contributed by atoms with Crippen molar-refractivity contribution < 1.29 is 4.79 Å². The van der Waals surface area contributed by atoms with Gasteiger partial charge in [0.1, 0.15) is 0 Å². The van der Waals surface area contributed by atoms with Crippen molar-refractivity contribution in [3.63, 3.8) is 0 Å². The monoisotopic (exact) mass is 279 g/mol. The van der Waals surface area contributed by atoms with Crippen LogP contribution in [0.15, 0.2) is 22.7 Å². The Labute approximate surface area is 102 Å². The number of anilines is 1. The van der Waals surface area contributed by atoms with Crippen LogP contribution in [0.3, 0.4) is 0 Å². The Kier molecular flexibility index (Phi) is 3.11. The van der Waals surface area contributed by atoms with Crippen LogP contribution in [0.4, 0.5) is 10.5 Å². The minimum Gasteiger partial charge on any atom is -0.338 e. The summed E-state index contributed by atoms with van der Waals surface area (Å²) in [7, 11) is 0. The molecule has 0 radical (unpaired) electrons. The maximum absolute atomic E-state index is 11.6. The van der Waals surface area contributed by atoms with Crippen LogP contribution >= 0.6 is 15.9 Å². The molecule has 0 aliphatic carbocycles. The molecule has 1 aliphatic heterocycles. The highest BCUT2D eigenvalue weighted by Gasteiger charge is 2.19. The first-order chi connectivity index (χ1) is 7.70. The average molecular weight is 280 g/mol. The van der Waals surface area contributed by atoms with Crippen molar-refractivity contribution in [2.45, 2.75) is 6.42 Å². The third-order valence-corrected chi connectivity index (χ3v) is 2.86. The Bertz CT molecular complexity index is 467. The van der Waals surface area contributed by atoms with E-state index in [4.69, 9.17) is 5.26 Å². The molecule has 16 heavy (non-hydrogen) atoms. The zero-order valence-corrected chi connectivity index (χ0v) is 10.1. The summed E-state index contributed by atoms with van der Waals surface area (Å²) in [6.07, 6.45) is 0.917. The lowest BCUT2D eigenvalue weighted by Gasteiger charge is -2.27. The summed E-state index contributed by atoms with van der Waals surface area (Å²) in [6, 6.07) is 7.25. The van der Waals surface area contributed by atoms with Crippen LogP contribution in [0.5, 0.6) is 0 Å². The van der Waals surface area contributed by atoms with E-state index in [0.29, 0.717) is 18.7 Å². The van der Waals surface area contributed by atoms with E-state index in [9.17, 15) is 4.79 Å². The minimum atomic E-state index is -0.103. The van der Waals surface area contributed by atoms with Crippen LogP contribution in [0.2, 0.25) is 0 Å². The number of carbonyl (C=O) groups is 1. The molecule has 1 heterocycles. The number of nitrogens with zero attached hydrogens (tertiary/aromatic N) is 2. The molecule has 82 valence electrons. The predicted octanol–water partition coefficient (Wildman–Crippen LogP) is 2.24. The second kappa shape index (κ2) is 4.54. The number of halogens is 1. The van der Waals surface area contributed by atoms with Crippen molar-refractivity contribution in [3.8, 4) is 6.07 Å². The Morgan fingerprint density at radius 1 is 1.44 bits per heavy atom. The zero-order chi connectivity index (χ0) is 11.5. The van der Waals surface area contributed by atoms with Crippen LogP contribution in [-0.4, -0.2) is 19.1 Å². The summed E-state index contributed by atoms with van der Waals surface area (Å²) in [5.41, 5.74) is 1.30. The van der Waals surface area contributed by atoms with Crippen molar-refractivity contribution in [1.82, 2.24) is 5.32 Å². The number of urea groups is 1. The fraction of sp³-hybridized carbons (Fsp3) is 0.273. The molecule has 1 aromatic carbocycles. The molecule has 0 atom stereocenters. The summed E-state index contributed by atoms with van der Waals surface area (Å²) in [5, 5.41) is 11.6. The molecule has 0 saturated carbocycles. The topological polar surface area (TPSA) is 56.1 Å². The highest BCUT2D eigenvalue weighted by molar-refractivity contribution is 9.10. The second-order valence-electron chi connectivity index (χ2n) is 3.55. The number of hydrogen-bond acceptors (Lipinski definition) is 2. The minimum absolute atomic E-state index is 0.103. The first kappa shape index (κ1) is 11.0. The molecular weight excluding hydrogens is 270 g/mol. The molecule has 1 aliphatic rings. The summed E-state index contributed by atoms with van der Waals surface area (Å²) in [4.78, 5) is 13.3. The van der Waals surface area contributed by atoms with E-state index in [0.717, 1.165) is 16.6 Å². The van der Waals surface area contributed by atoms with Gasteiger partial charge >= 0.3 is 6.03 Å². The van der Waals surface area contributed by atoms with Gasteiger partial charge in [-0.1, -0.05) is 15.9 Å². The van der Waals surface area contributed by atoms with E-state index in [1.54, 1.807) is 17.0 Å². The molecule has 0 bridgehead atoms. The van der Waals surface area contributed by atoms with Gasteiger partial charge in [0.25, 0.3) is 0 Å². The lowest BCUT2D eigenvalue weighted by molar-refractivity contribution is 0.243. The molecule has 2 amide bonds. The van der Waals surface area contributed by atoms with Crippen LogP contribution in [-0.2, 0) is 0 Å². The largest absolute Gasteiger partial charge is 0.338 e. The predicted molar refractivity (Wildman–Crippen MR) is 64.2 cm³/mol. The van der Waals surface area contributed by atoms with Gasteiger partial charge in [0.2, 0.25) is 0 Å². The summed E-state index contributed by atoms with van der Waals surface area (Å²) in [6.45, 7) is 1.40. The van der Waals surface area contributed by atoms with Gasteiger partial charge in [-0.15, -0.1) is 0 Å². The van der Waals surface area contributed by atoms with Gasteiger partial charge < -0.3 is 5.32 Å². The Hall–Kier alpha value is -1.54. The van der Waals surface area contributed by atoms with Crippen molar-refractivity contribution in [3.05, 3.63) is 28.2 Å². The van der Waals surface area contributed by atoms with E-state index in [1.165, 1.54) is 0 Å². The molecule has 4 nitrogen and oxygen atoms in total. The first-order valence-electron chi connectivity index (χ1n) is 4.97. The highest BCUT2D eigenvalue weighted by atomic mass is 79.9. The number of nitrogens with one attached hydrogen (secondary N) is 1. The third kappa shape index (κ3) is 2.17. The van der Waals surface area contributed by atoms with E-state index >= 15 is 0 Å². The molecule has 5 heteroatoms. The van der Waals surface area contributed by atoms with Crippen molar-refractivity contribution in [2.24, 2.45) is 0 Å². The van der Waals surface area contributed by atoms with E-state index < -0.39 is 0 Å². The molecule has 0 spiro atoms. The molecule has 1 aromatic rings. The highest BCUT2D eigenvalue weighted by Crippen LogP contribution is 2.23. The smallest absolute Gasteiger partial charge is 0.321 e. The Morgan fingerprint density at radius 3 is 2.94 bits per heavy atom. The normalized spacial score (nSPS) is 15.5. The molecule has 1 N–H and O–H groups in total. The van der Waals surface area contributed by atoms with E-state index in [-0.39, 0.29) is 6.03 Å². The zero-order valence-electron chi connectivity index (χ0n) is 8.53. The number of benzene rings is 1. The lowest BCUT2D eigenvalue weighted by atomic mass is 10.2. The first-order valence-corrected chi connectivity index (χ1v) is 5.76. The van der Waals surface area contributed by atoms with Crippen LogP contribution < -0.4 is 10.2 Å². The fourth-order valence-corrected chi connectivity index (χ4v) is 2.15. The van der Waals surface area contributed by atoms with Gasteiger partial charge in [0.05, 0.1) is 11.6 Å². The average Bonchev–Trinajstić information content (AvgIpc) is 2.28. The fourth-order valence-electron chi connectivity index (χ4n) is 1.67.